The van der Waals surface area contributed by atoms with Crippen molar-refractivity contribution in [1.82, 2.24) is 9.78 Å². The zero-order valence-electron chi connectivity index (χ0n) is 12.7. The summed E-state index contributed by atoms with van der Waals surface area (Å²) in [6.45, 7) is 6.71. The molecule has 110 valence electrons. The van der Waals surface area contributed by atoms with E-state index in [2.05, 4.69) is 34.6 Å². The van der Waals surface area contributed by atoms with Crippen LogP contribution in [0, 0.1) is 0 Å². The summed E-state index contributed by atoms with van der Waals surface area (Å²) < 4.78 is 2.07. The largest absolute Gasteiger partial charge is 0.365 e. The summed E-state index contributed by atoms with van der Waals surface area (Å²) in [5.74, 6) is 0.250. The molecule has 0 N–H and O–H groups in total. The number of nitrogens with zero attached hydrogens (tertiary/aromatic N) is 3. The summed E-state index contributed by atoms with van der Waals surface area (Å²) in [4.78, 5) is 14.3. The number of anilines is 1. The fourth-order valence-electron chi connectivity index (χ4n) is 2.93. The van der Waals surface area contributed by atoms with Crippen molar-refractivity contribution in [2.75, 3.05) is 11.4 Å². The van der Waals surface area contributed by atoms with Crippen LogP contribution in [0.4, 0.5) is 5.69 Å². The monoisotopic (exact) mass is 283 g/mol. The van der Waals surface area contributed by atoms with Gasteiger partial charge in [-0.2, -0.15) is 5.10 Å². The number of aromatic nitrogens is 2. The molecule has 0 saturated carbocycles. The second-order valence-corrected chi connectivity index (χ2v) is 5.41. The van der Waals surface area contributed by atoms with E-state index in [0.717, 1.165) is 43.0 Å². The van der Waals surface area contributed by atoms with E-state index in [4.69, 9.17) is 0 Å². The lowest BCUT2D eigenvalue weighted by Gasteiger charge is -2.30. The molecule has 3 rings (SSSR count). The third kappa shape index (κ3) is 2.58. The van der Waals surface area contributed by atoms with Gasteiger partial charge in [0.2, 0.25) is 0 Å². The smallest absolute Gasteiger partial charge is 0.166 e. The van der Waals surface area contributed by atoms with E-state index in [1.54, 1.807) is 0 Å². The fourth-order valence-corrected chi connectivity index (χ4v) is 2.93. The minimum absolute atomic E-state index is 0.250. The minimum Gasteiger partial charge on any atom is -0.365 e. The van der Waals surface area contributed by atoms with Gasteiger partial charge in [-0.1, -0.05) is 19.1 Å². The molecule has 0 spiro atoms. The second-order valence-electron chi connectivity index (χ2n) is 5.41. The summed E-state index contributed by atoms with van der Waals surface area (Å²) in [5.41, 5.74) is 4.25. The predicted molar refractivity (Wildman–Crippen MR) is 83.7 cm³/mol. The molecule has 0 bridgehead atoms. The molecule has 1 aliphatic heterocycles. The fraction of sp³-hybridized carbons (Fsp3) is 0.412. The van der Waals surface area contributed by atoms with Gasteiger partial charge in [0.05, 0.1) is 17.9 Å². The number of carbonyl (C=O) groups is 1. The molecule has 0 amide bonds. The van der Waals surface area contributed by atoms with Crippen molar-refractivity contribution in [2.45, 2.75) is 39.8 Å². The maximum absolute atomic E-state index is 12.0. The van der Waals surface area contributed by atoms with E-state index in [-0.39, 0.29) is 5.78 Å². The number of fused-ring (bicyclic) bond motifs is 1. The van der Waals surface area contributed by atoms with E-state index in [9.17, 15) is 4.79 Å². The second kappa shape index (κ2) is 5.72. The van der Waals surface area contributed by atoms with E-state index >= 15 is 0 Å². The lowest BCUT2D eigenvalue weighted by molar-refractivity contribution is 0.0979. The summed E-state index contributed by atoms with van der Waals surface area (Å²) >= 11 is 0. The third-order valence-electron chi connectivity index (χ3n) is 4.08. The first-order valence-electron chi connectivity index (χ1n) is 7.65. The van der Waals surface area contributed by atoms with E-state index in [0.29, 0.717) is 6.42 Å². The number of para-hydroxylation sites is 1. The summed E-state index contributed by atoms with van der Waals surface area (Å²) in [6, 6.07) is 10.1. The van der Waals surface area contributed by atoms with Crippen LogP contribution in [0.1, 0.15) is 42.0 Å². The molecule has 1 aromatic carbocycles. The lowest BCUT2D eigenvalue weighted by atomic mass is 10.0. The Bertz CT molecular complexity index is 660. The van der Waals surface area contributed by atoms with Gasteiger partial charge >= 0.3 is 0 Å². The Morgan fingerprint density at radius 1 is 1.24 bits per heavy atom. The number of aryl methyl sites for hydroxylation is 2. The summed E-state index contributed by atoms with van der Waals surface area (Å²) in [7, 11) is 0. The van der Waals surface area contributed by atoms with Crippen LogP contribution in [-0.2, 0) is 19.5 Å². The van der Waals surface area contributed by atoms with Gasteiger partial charge in [-0.15, -0.1) is 0 Å². The van der Waals surface area contributed by atoms with Gasteiger partial charge in [-0.05, 0) is 31.5 Å². The Balaban J connectivity index is 1.91. The summed E-state index contributed by atoms with van der Waals surface area (Å²) in [6.07, 6.45) is 1.55. The molecule has 21 heavy (non-hydrogen) atoms. The van der Waals surface area contributed by atoms with Gasteiger partial charge < -0.3 is 4.90 Å². The minimum atomic E-state index is 0.250. The Hall–Kier alpha value is -2.10. The van der Waals surface area contributed by atoms with Crippen LogP contribution in [-0.4, -0.2) is 22.1 Å². The summed E-state index contributed by atoms with van der Waals surface area (Å²) in [5, 5.41) is 4.61. The maximum Gasteiger partial charge on any atom is 0.166 e. The lowest BCUT2D eigenvalue weighted by Crippen LogP contribution is -2.32. The Morgan fingerprint density at radius 3 is 2.81 bits per heavy atom. The molecule has 0 unspecified atom stereocenters. The van der Waals surface area contributed by atoms with Crippen LogP contribution >= 0.6 is 0 Å². The van der Waals surface area contributed by atoms with Gasteiger partial charge in [-0.25, -0.2) is 0 Å². The molecule has 4 heteroatoms. The van der Waals surface area contributed by atoms with Crippen molar-refractivity contribution >= 4 is 11.5 Å². The molecule has 1 aliphatic rings. The molecule has 0 radical (unpaired) electrons. The SMILES string of the molecule is CCc1cc(CN2CCC(=O)c3ccccc32)n(CC)n1. The van der Waals surface area contributed by atoms with Crippen LogP contribution in [0.15, 0.2) is 30.3 Å². The average molecular weight is 283 g/mol. The van der Waals surface area contributed by atoms with Crippen LogP contribution < -0.4 is 4.90 Å². The van der Waals surface area contributed by atoms with E-state index < -0.39 is 0 Å². The molecule has 0 atom stereocenters. The zero-order chi connectivity index (χ0) is 14.8. The number of hydrogen-bond acceptors (Lipinski definition) is 3. The first kappa shape index (κ1) is 13.9. The van der Waals surface area contributed by atoms with Crippen molar-refractivity contribution in [3.8, 4) is 0 Å². The molecular formula is C17H21N3O. The maximum atomic E-state index is 12.0. The van der Waals surface area contributed by atoms with Crippen molar-refractivity contribution in [3.63, 3.8) is 0 Å². The number of rotatable bonds is 4. The van der Waals surface area contributed by atoms with Crippen molar-refractivity contribution < 1.29 is 4.79 Å². The molecular weight excluding hydrogens is 262 g/mol. The van der Waals surface area contributed by atoms with E-state index in [1.165, 1.54) is 5.69 Å². The Morgan fingerprint density at radius 2 is 2.05 bits per heavy atom. The topological polar surface area (TPSA) is 38.1 Å². The highest BCUT2D eigenvalue weighted by molar-refractivity contribution is 6.03. The molecule has 4 nitrogen and oxygen atoms in total. The van der Waals surface area contributed by atoms with Gasteiger partial charge in [0, 0.05) is 30.8 Å². The highest BCUT2D eigenvalue weighted by atomic mass is 16.1. The molecule has 2 heterocycles. The number of Topliss-reactive ketones (excluding diaryl/α,β-unsaturated/α-hetero) is 1. The van der Waals surface area contributed by atoms with Crippen LogP contribution in [0.2, 0.25) is 0 Å². The van der Waals surface area contributed by atoms with Crippen LogP contribution in [0.3, 0.4) is 0 Å². The number of hydrogen-bond donors (Lipinski definition) is 0. The van der Waals surface area contributed by atoms with E-state index in [1.807, 2.05) is 24.3 Å². The van der Waals surface area contributed by atoms with Crippen LogP contribution in [0.5, 0.6) is 0 Å². The molecule has 1 aromatic heterocycles. The normalized spacial score (nSPS) is 14.4. The van der Waals surface area contributed by atoms with Crippen molar-refractivity contribution in [1.29, 1.82) is 0 Å². The van der Waals surface area contributed by atoms with Gasteiger partial charge in [0.15, 0.2) is 5.78 Å². The third-order valence-corrected chi connectivity index (χ3v) is 4.08. The molecule has 0 aliphatic carbocycles. The van der Waals surface area contributed by atoms with Crippen LogP contribution in [0.25, 0.3) is 0 Å². The average Bonchev–Trinajstić information content (AvgIpc) is 2.92. The highest BCUT2D eigenvalue weighted by Crippen LogP contribution is 2.28. The van der Waals surface area contributed by atoms with Gasteiger partial charge in [0.1, 0.15) is 0 Å². The Kier molecular flexibility index (Phi) is 3.78. The molecule has 2 aromatic rings. The zero-order valence-corrected chi connectivity index (χ0v) is 12.7. The highest BCUT2D eigenvalue weighted by Gasteiger charge is 2.23. The predicted octanol–water partition coefficient (Wildman–Crippen LogP) is 3.06. The van der Waals surface area contributed by atoms with Gasteiger partial charge in [-0.3, -0.25) is 9.48 Å². The number of carbonyl (C=O) groups excluding carboxylic acids is 1. The first-order valence-corrected chi connectivity index (χ1v) is 7.65. The number of ketones is 1. The van der Waals surface area contributed by atoms with Crippen molar-refractivity contribution in [3.05, 3.63) is 47.3 Å². The molecule has 0 fully saturated rings. The molecule has 0 saturated heterocycles. The van der Waals surface area contributed by atoms with Gasteiger partial charge in [0.25, 0.3) is 0 Å². The Labute approximate surface area is 125 Å². The van der Waals surface area contributed by atoms with Crippen molar-refractivity contribution in [2.24, 2.45) is 0 Å². The number of benzene rings is 1. The quantitative estimate of drug-likeness (QED) is 0.865. The standard InChI is InChI=1S/C17H21N3O/c1-3-13-11-14(20(4-2)18-13)12-19-10-9-17(21)15-7-5-6-8-16(15)19/h5-8,11H,3-4,9-10,12H2,1-2H3. The first-order chi connectivity index (χ1) is 10.2.